The fourth-order valence-corrected chi connectivity index (χ4v) is 0.441. The van der Waals surface area contributed by atoms with Crippen LogP contribution in [0.2, 0.25) is 0 Å². The highest BCUT2D eigenvalue weighted by Gasteiger charge is 2.40. The van der Waals surface area contributed by atoms with E-state index >= 15 is 0 Å². The van der Waals surface area contributed by atoms with E-state index < -0.39 is 18.1 Å². The maximum Gasteiger partial charge on any atom is 0.512 e. The Morgan fingerprint density at radius 1 is 1.88 bits per heavy atom. The molecule has 0 amide bonds. The van der Waals surface area contributed by atoms with Crippen LogP contribution in [0.3, 0.4) is 0 Å². The van der Waals surface area contributed by atoms with Gasteiger partial charge in [0.2, 0.25) is 0 Å². The summed E-state index contributed by atoms with van der Waals surface area (Å²) >= 11 is 4.83. The van der Waals surface area contributed by atoms with Gasteiger partial charge in [-0.05, 0) is 11.6 Å². The van der Waals surface area contributed by atoms with Gasteiger partial charge in [-0.2, -0.15) is 4.39 Å². The van der Waals surface area contributed by atoms with Crippen LogP contribution < -0.4 is 0 Å². The van der Waals surface area contributed by atoms with Gasteiger partial charge < -0.3 is 9.47 Å². The molecule has 46 valence electrons. The Hall–Kier alpha value is -0.510. The number of rotatable bonds is 0. The van der Waals surface area contributed by atoms with Crippen molar-refractivity contribution in [3.05, 3.63) is 0 Å². The highest BCUT2D eigenvalue weighted by Crippen LogP contribution is 2.25. The number of alkyl halides is 2. The van der Waals surface area contributed by atoms with Gasteiger partial charge in [-0.25, -0.2) is 4.79 Å². The van der Waals surface area contributed by atoms with Crippen LogP contribution in [0.5, 0.6) is 0 Å². The molecular weight excluding hydrogens is 138 g/mol. The molecule has 1 atom stereocenters. The van der Waals surface area contributed by atoms with Gasteiger partial charge in [-0.15, -0.1) is 0 Å². The van der Waals surface area contributed by atoms with Crippen LogP contribution in [0, 0.1) is 0 Å². The number of hydrogen-bond acceptors (Lipinski definition) is 3. The van der Waals surface area contributed by atoms with Gasteiger partial charge in [0.15, 0.2) is 6.61 Å². The SMILES string of the molecule is O=C1OCC(F)(Cl)O1. The summed E-state index contributed by atoms with van der Waals surface area (Å²) in [5, 5.41) is -2.43. The van der Waals surface area contributed by atoms with Crippen molar-refractivity contribution in [3.8, 4) is 0 Å². The Morgan fingerprint density at radius 2 is 2.50 bits per heavy atom. The maximum atomic E-state index is 12.1. The molecule has 1 unspecified atom stereocenters. The molecule has 0 spiro atoms. The molecular formula is C3H2ClFO3. The summed E-state index contributed by atoms with van der Waals surface area (Å²) in [7, 11) is 0. The number of carbonyl (C=O) groups excluding carboxylic acids is 1. The molecule has 0 bridgehead atoms. The van der Waals surface area contributed by atoms with Crippen LogP contribution in [0.25, 0.3) is 0 Å². The van der Waals surface area contributed by atoms with Crippen LogP contribution in [0.4, 0.5) is 9.18 Å². The lowest BCUT2D eigenvalue weighted by Crippen LogP contribution is -2.15. The van der Waals surface area contributed by atoms with E-state index in [1.807, 2.05) is 0 Å². The molecule has 0 saturated carbocycles. The zero-order valence-electron chi connectivity index (χ0n) is 3.69. The van der Waals surface area contributed by atoms with Crippen molar-refractivity contribution in [1.29, 1.82) is 0 Å². The third-order valence-corrected chi connectivity index (χ3v) is 0.777. The number of hydrogen-bond donors (Lipinski definition) is 0. The molecule has 1 aliphatic heterocycles. The van der Waals surface area contributed by atoms with Crippen molar-refractivity contribution in [1.82, 2.24) is 0 Å². The topological polar surface area (TPSA) is 35.5 Å². The average molecular weight is 140 g/mol. The van der Waals surface area contributed by atoms with E-state index in [1.165, 1.54) is 0 Å². The molecule has 3 nitrogen and oxygen atoms in total. The zero-order valence-corrected chi connectivity index (χ0v) is 4.44. The maximum absolute atomic E-state index is 12.1. The lowest BCUT2D eigenvalue weighted by atomic mass is 10.7. The lowest BCUT2D eigenvalue weighted by molar-refractivity contribution is 0.0184. The van der Waals surface area contributed by atoms with Crippen LogP contribution in [-0.4, -0.2) is 18.1 Å². The van der Waals surface area contributed by atoms with Gasteiger partial charge in [0.05, 0.1) is 0 Å². The normalized spacial score (nSPS) is 36.5. The minimum Gasteiger partial charge on any atom is -0.425 e. The van der Waals surface area contributed by atoms with Crippen LogP contribution in [-0.2, 0) is 9.47 Å². The summed E-state index contributed by atoms with van der Waals surface area (Å²) in [5.41, 5.74) is 0. The van der Waals surface area contributed by atoms with Gasteiger partial charge >= 0.3 is 11.5 Å². The predicted octanol–water partition coefficient (Wildman–Crippen LogP) is 1.02. The first-order valence-electron chi connectivity index (χ1n) is 1.84. The van der Waals surface area contributed by atoms with Crippen LogP contribution in [0.15, 0.2) is 0 Å². The Bertz CT molecular complexity index is 124. The molecule has 5 heteroatoms. The smallest absolute Gasteiger partial charge is 0.425 e. The zero-order chi connectivity index (χ0) is 6.20. The summed E-state index contributed by atoms with van der Waals surface area (Å²) in [4.78, 5) is 9.89. The molecule has 1 saturated heterocycles. The molecule has 0 aliphatic carbocycles. The first kappa shape index (κ1) is 5.62. The van der Waals surface area contributed by atoms with Gasteiger partial charge in [0, 0.05) is 0 Å². The standard InChI is InChI=1S/C3H2ClFO3/c4-3(5)1-7-2(6)8-3/h1H2. The molecule has 0 aromatic heterocycles. The van der Waals surface area contributed by atoms with E-state index in [2.05, 4.69) is 9.47 Å². The molecule has 0 radical (unpaired) electrons. The number of carbonyl (C=O) groups is 1. The van der Waals surface area contributed by atoms with Crippen molar-refractivity contribution in [2.24, 2.45) is 0 Å². The van der Waals surface area contributed by atoms with Crippen LogP contribution in [0.1, 0.15) is 0 Å². The van der Waals surface area contributed by atoms with Crippen molar-refractivity contribution < 1.29 is 18.7 Å². The van der Waals surface area contributed by atoms with Crippen LogP contribution >= 0.6 is 11.6 Å². The second-order valence-corrected chi connectivity index (χ2v) is 1.84. The second-order valence-electron chi connectivity index (χ2n) is 1.28. The average Bonchev–Trinajstić information content (AvgIpc) is 1.82. The van der Waals surface area contributed by atoms with Crippen molar-refractivity contribution in [2.45, 2.75) is 5.31 Å². The van der Waals surface area contributed by atoms with Crippen molar-refractivity contribution in [2.75, 3.05) is 6.61 Å². The number of halogens is 2. The summed E-state index contributed by atoms with van der Waals surface area (Å²) in [6.07, 6.45) is -1.07. The van der Waals surface area contributed by atoms with E-state index in [1.54, 1.807) is 0 Å². The number of ether oxygens (including phenoxy) is 2. The summed E-state index contributed by atoms with van der Waals surface area (Å²) in [6, 6.07) is 0. The highest BCUT2D eigenvalue weighted by molar-refractivity contribution is 6.22. The minimum absolute atomic E-state index is 0.534. The van der Waals surface area contributed by atoms with Gasteiger partial charge in [0.1, 0.15) is 0 Å². The van der Waals surface area contributed by atoms with Crippen molar-refractivity contribution >= 4 is 17.8 Å². The first-order valence-corrected chi connectivity index (χ1v) is 2.21. The van der Waals surface area contributed by atoms with Gasteiger partial charge in [-0.3, -0.25) is 0 Å². The van der Waals surface area contributed by atoms with E-state index in [0.717, 1.165) is 0 Å². The molecule has 1 heterocycles. The molecule has 0 N–H and O–H groups in total. The Labute approximate surface area is 49.3 Å². The Balaban J connectivity index is 2.56. The molecule has 0 aromatic carbocycles. The first-order chi connectivity index (χ1) is 3.60. The van der Waals surface area contributed by atoms with E-state index in [4.69, 9.17) is 11.6 Å². The fourth-order valence-electron chi connectivity index (χ4n) is 0.324. The minimum atomic E-state index is -2.43. The van der Waals surface area contributed by atoms with Gasteiger partial charge in [0.25, 0.3) is 0 Å². The molecule has 1 rings (SSSR count). The molecule has 8 heavy (non-hydrogen) atoms. The summed E-state index contributed by atoms with van der Waals surface area (Å²) in [6.45, 7) is -0.534. The lowest BCUT2D eigenvalue weighted by Gasteiger charge is -2.00. The Kier molecular flexibility index (Phi) is 1.04. The third kappa shape index (κ3) is 1.01. The van der Waals surface area contributed by atoms with Gasteiger partial charge in [-0.1, -0.05) is 0 Å². The second kappa shape index (κ2) is 1.48. The summed E-state index contributed by atoms with van der Waals surface area (Å²) < 4.78 is 19.8. The largest absolute Gasteiger partial charge is 0.512 e. The van der Waals surface area contributed by atoms with E-state index in [-0.39, 0.29) is 0 Å². The highest BCUT2D eigenvalue weighted by atomic mass is 35.5. The molecule has 1 aliphatic rings. The quantitative estimate of drug-likeness (QED) is 0.372. The van der Waals surface area contributed by atoms with Crippen molar-refractivity contribution in [3.63, 3.8) is 0 Å². The monoisotopic (exact) mass is 140 g/mol. The van der Waals surface area contributed by atoms with E-state index in [0.29, 0.717) is 0 Å². The molecule has 0 aromatic rings. The predicted molar refractivity (Wildman–Crippen MR) is 22.1 cm³/mol. The third-order valence-electron chi connectivity index (χ3n) is 0.591. The Morgan fingerprint density at radius 3 is 2.62 bits per heavy atom. The molecule has 1 fully saturated rings. The van der Waals surface area contributed by atoms with E-state index in [9.17, 15) is 9.18 Å². The summed E-state index contributed by atoms with van der Waals surface area (Å²) in [5.74, 6) is 0. The fraction of sp³-hybridized carbons (Fsp3) is 0.667. The number of cyclic esters (lactones) is 2.